The number of hydrogen-bond donors (Lipinski definition) is 0. The topological polar surface area (TPSA) is 167 Å². The summed E-state index contributed by atoms with van der Waals surface area (Å²) in [5.74, 6) is 0. The van der Waals surface area contributed by atoms with Crippen LogP contribution >= 0.6 is 0 Å². The SMILES string of the molecule is N#CC(C#N)=c1cc(C#N)c(=C(C#N)c2c(C#N)cc(C#N)c(C(F)(F)F)c2C(F)(F)F)c(C#N)c1. The molecule has 0 aliphatic carbocycles. The molecule has 0 atom stereocenters. The lowest BCUT2D eigenvalue weighted by molar-refractivity contribution is -0.162. The molecule has 0 saturated heterocycles. The number of nitrogens with zero attached hydrogens (tertiary/aromatic N) is 7. The molecule has 0 radical (unpaired) electrons. The molecule has 0 unspecified atom stereocenters. The molecule has 2 rings (SSSR count). The van der Waals surface area contributed by atoms with Crippen molar-refractivity contribution in [1.82, 2.24) is 0 Å². The standard InChI is InChI=1S/C23H3F6N7/c24-22(25,26)20-15(7-33)3-14(6-32)19(21(20)23(27,28)29)17(10-36)18-12(4-30)1-11(2-13(18)5-31)16(8-34)9-35/h1-3H. The normalized spacial score (nSPS) is 10.3. The molecule has 2 aromatic rings. The number of hydrogen-bond acceptors (Lipinski definition) is 7. The van der Waals surface area contributed by atoms with Gasteiger partial charge >= 0.3 is 12.4 Å². The van der Waals surface area contributed by atoms with Crippen LogP contribution in [0.5, 0.6) is 0 Å². The number of nitriles is 7. The third-order valence-corrected chi connectivity index (χ3v) is 4.64. The van der Waals surface area contributed by atoms with E-state index in [9.17, 15) is 47.4 Å². The van der Waals surface area contributed by atoms with Crippen LogP contribution in [0, 0.1) is 79.3 Å². The van der Waals surface area contributed by atoms with Crippen LogP contribution in [0.25, 0.3) is 11.1 Å². The van der Waals surface area contributed by atoms with Gasteiger partial charge in [-0.15, -0.1) is 0 Å². The molecular formula is C23H3F6N7. The maximum Gasteiger partial charge on any atom is 0.418 e. The maximum absolute atomic E-state index is 14.1. The third kappa shape index (κ3) is 4.48. The van der Waals surface area contributed by atoms with Crippen molar-refractivity contribution in [2.75, 3.05) is 0 Å². The van der Waals surface area contributed by atoms with E-state index < -0.39 is 67.7 Å². The summed E-state index contributed by atoms with van der Waals surface area (Å²) < 4.78 is 83.4. The van der Waals surface area contributed by atoms with E-state index in [0.717, 1.165) is 18.2 Å². The van der Waals surface area contributed by atoms with Crippen molar-refractivity contribution in [1.29, 1.82) is 36.8 Å². The fourth-order valence-electron chi connectivity index (χ4n) is 3.32. The van der Waals surface area contributed by atoms with Gasteiger partial charge < -0.3 is 0 Å². The second-order valence-electron chi connectivity index (χ2n) is 6.57. The minimum atomic E-state index is -5.86. The first-order chi connectivity index (χ1) is 16.8. The molecule has 0 aliphatic rings. The van der Waals surface area contributed by atoms with Crippen molar-refractivity contribution >= 4 is 11.1 Å². The van der Waals surface area contributed by atoms with Crippen molar-refractivity contribution in [3.8, 4) is 42.5 Å². The van der Waals surface area contributed by atoms with Crippen LogP contribution < -0.4 is 10.4 Å². The predicted molar refractivity (Wildman–Crippen MR) is 104 cm³/mol. The Kier molecular flexibility index (Phi) is 7.04. The summed E-state index contributed by atoms with van der Waals surface area (Å²) in [6.45, 7) is 0. The van der Waals surface area contributed by atoms with Gasteiger partial charge in [0.25, 0.3) is 0 Å². The molecule has 0 saturated carbocycles. The Morgan fingerprint density at radius 1 is 0.556 bits per heavy atom. The maximum atomic E-state index is 14.1. The van der Waals surface area contributed by atoms with Gasteiger partial charge in [0.1, 0.15) is 23.8 Å². The molecule has 0 N–H and O–H groups in total. The first-order valence-electron chi connectivity index (χ1n) is 8.93. The summed E-state index contributed by atoms with van der Waals surface area (Å²) in [5, 5.41) is 64.2. The van der Waals surface area contributed by atoms with Gasteiger partial charge in [-0.25, -0.2) is 0 Å². The van der Waals surface area contributed by atoms with Gasteiger partial charge in [-0.1, -0.05) is 0 Å². The highest BCUT2D eigenvalue weighted by molar-refractivity contribution is 5.85. The molecule has 172 valence electrons. The molecule has 0 spiro atoms. The minimum absolute atomic E-state index is 0.217. The smallest absolute Gasteiger partial charge is 0.192 e. The van der Waals surface area contributed by atoms with E-state index in [0.29, 0.717) is 0 Å². The number of rotatable bonds is 1. The summed E-state index contributed by atoms with van der Waals surface area (Å²) in [6, 6.07) is 11.1. The largest absolute Gasteiger partial charge is 0.418 e. The predicted octanol–water partition coefficient (Wildman–Crippen LogP) is 3.13. The lowest BCUT2D eigenvalue weighted by Crippen LogP contribution is -2.26. The van der Waals surface area contributed by atoms with E-state index in [1.807, 2.05) is 0 Å². The van der Waals surface area contributed by atoms with Crippen LogP contribution in [-0.2, 0) is 12.4 Å². The van der Waals surface area contributed by atoms with Crippen LogP contribution in [0.15, 0.2) is 18.2 Å². The van der Waals surface area contributed by atoms with Gasteiger partial charge in [0.15, 0.2) is 0 Å². The molecule has 0 aromatic heterocycles. The van der Waals surface area contributed by atoms with Crippen LogP contribution in [0.1, 0.15) is 38.9 Å². The minimum Gasteiger partial charge on any atom is -0.192 e. The van der Waals surface area contributed by atoms with Crippen LogP contribution in [0.2, 0.25) is 0 Å². The number of alkyl halides is 6. The zero-order chi connectivity index (χ0) is 27.4. The summed E-state index contributed by atoms with van der Waals surface area (Å²) >= 11 is 0. The second kappa shape index (κ2) is 9.59. The molecule has 0 fully saturated rings. The van der Waals surface area contributed by atoms with Crippen molar-refractivity contribution in [3.05, 3.63) is 67.6 Å². The summed E-state index contributed by atoms with van der Waals surface area (Å²) in [4.78, 5) is 0. The Morgan fingerprint density at radius 3 is 1.33 bits per heavy atom. The van der Waals surface area contributed by atoms with Crippen LogP contribution in [0.3, 0.4) is 0 Å². The first kappa shape index (κ1) is 26.4. The fourth-order valence-corrected chi connectivity index (χ4v) is 3.32. The molecule has 0 amide bonds. The summed E-state index contributed by atoms with van der Waals surface area (Å²) in [6.07, 6.45) is -11.6. The van der Waals surface area contributed by atoms with E-state index >= 15 is 0 Å². The Hall–Kier alpha value is -5.81. The van der Waals surface area contributed by atoms with Crippen molar-refractivity contribution in [2.45, 2.75) is 12.4 Å². The van der Waals surface area contributed by atoms with E-state index in [1.54, 1.807) is 0 Å². The highest BCUT2D eigenvalue weighted by Gasteiger charge is 2.48. The van der Waals surface area contributed by atoms with Crippen LogP contribution in [-0.4, -0.2) is 0 Å². The van der Waals surface area contributed by atoms with Crippen molar-refractivity contribution < 1.29 is 26.3 Å². The molecule has 7 nitrogen and oxygen atoms in total. The van der Waals surface area contributed by atoms with Gasteiger partial charge in [0, 0.05) is 16.0 Å². The first-order valence-corrected chi connectivity index (χ1v) is 8.93. The Bertz CT molecular complexity index is 1670. The lowest BCUT2D eigenvalue weighted by atomic mass is 9.85. The Morgan fingerprint density at radius 2 is 1.00 bits per heavy atom. The number of benzene rings is 2. The van der Waals surface area contributed by atoms with Crippen LogP contribution in [0.4, 0.5) is 26.3 Å². The molecular weight excluding hydrogens is 488 g/mol. The third-order valence-electron chi connectivity index (χ3n) is 4.64. The Balaban J connectivity index is 3.52. The van der Waals surface area contributed by atoms with E-state index in [4.69, 9.17) is 15.8 Å². The lowest BCUT2D eigenvalue weighted by Gasteiger charge is -2.21. The van der Waals surface area contributed by atoms with Gasteiger partial charge in [0.05, 0.1) is 63.2 Å². The molecule has 0 heterocycles. The molecule has 0 aliphatic heterocycles. The average Bonchev–Trinajstić information content (AvgIpc) is 2.83. The molecule has 13 heteroatoms. The van der Waals surface area contributed by atoms with E-state index in [2.05, 4.69) is 0 Å². The highest BCUT2D eigenvalue weighted by atomic mass is 19.4. The van der Waals surface area contributed by atoms with E-state index in [-0.39, 0.29) is 11.3 Å². The zero-order valence-electron chi connectivity index (χ0n) is 17.1. The second-order valence-corrected chi connectivity index (χ2v) is 6.57. The number of halogens is 6. The molecule has 0 bridgehead atoms. The van der Waals surface area contributed by atoms with Crippen molar-refractivity contribution in [2.24, 2.45) is 0 Å². The Labute approximate surface area is 197 Å². The summed E-state index contributed by atoms with van der Waals surface area (Å²) in [5.41, 5.74) is -12.6. The van der Waals surface area contributed by atoms with Crippen molar-refractivity contribution in [3.63, 3.8) is 0 Å². The average molecular weight is 491 g/mol. The molecule has 36 heavy (non-hydrogen) atoms. The monoisotopic (exact) mass is 491 g/mol. The van der Waals surface area contributed by atoms with Gasteiger partial charge in [-0.05, 0) is 18.2 Å². The van der Waals surface area contributed by atoms with Gasteiger partial charge in [0.2, 0.25) is 0 Å². The van der Waals surface area contributed by atoms with Gasteiger partial charge in [-0.3, -0.25) is 0 Å². The quantitative estimate of drug-likeness (QED) is 0.552. The fraction of sp³-hybridized carbons (Fsp3) is 0.0870. The summed E-state index contributed by atoms with van der Waals surface area (Å²) in [7, 11) is 0. The molecule has 2 aromatic carbocycles. The zero-order valence-corrected chi connectivity index (χ0v) is 17.1. The highest BCUT2D eigenvalue weighted by Crippen LogP contribution is 2.46. The van der Waals surface area contributed by atoms with E-state index in [1.165, 1.54) is 36.4 Å². The van der Waals surface area contributed by atoms with Gasteiger partial charge in [-0.2, -0.15) is 63.2 Å².